The van der Waals surface area contributed by atoms with Crippen LogP contribution < -0.4 is 10.6 Å². The topological polar surface area (TPSA) is 70.7 Å². The Balaban J connectivity index is 1.43. The number of amides is 2. The number of nitrogens with one attached hydrogen (secondary N) is 2. The third kappa shape index (κ3) is 5.89. The van der Waals surface area contributed by atoms with E-state index in [1.807, 2.05) is 23.6 Å². The van der Waals surface area contributed by atoms with Gasteiger partial charge in [0, 0.05) is 26.2 Å². The first-order valence-corrected chi connectivity index (χ1v) is 10.00. The van der Waals surface area contributed by atoms with E-state index in [2.05, 4.69) is 27.7 Å². The average Bonchev–Trinajstić information content (AvgIpc) is 3.23. The zero-order valence-electron chi connectivity index (χ0n) is 15.4. The highest BCUT2D eigenvalue weighted by Gasteiger charge is 2.17. The first-order valence-electron chi connectivity index (χ1n) is 9.12. The fourth-order valence-electron chi connectivity index (χ4n) is 2.86. The van der Waals surface area contributed by atoms with Crippen LogP contribution in [0.15, 0.2) is 41.8 Å². The molecule has 7 heteroatoms. The predicted octanol–water partition coefficient (Wildman–Crippen LogP) is 2.01. The van der Waals surface area contributed by atoms with Crippen molar-refractivity contribution in [2.24, 2.45) is 0 Å². The molecule has 0 aliphatic carbocycles. The lowest BCUT2D eigenvalue weighted by atomic mass is 10.1. The Morgan fingerprint density at radius 3 is 2.52 bits per heavy atom. The van der Waals surface area contributed by atoms with E-state index in [0.29, 0.717) is 11.4 Å². The zero-order valence-corrected chi connectivity index (χ0v) is 16.3. The molecule has 1 aliphatic heterocycles. The summed E-state index contributed by atoms with van der Waals surface area (Å²) in [6, 6.07) is 11.2. The summed E-state index contributed by atoms with van der Waals surface area (Å²) < 4.78 is 5.37. The average molecular weight is 388 g/mol. The molecule has 0 spiro atoms. The van der Waals surface area contributed by atoms with Crippen LogP contribution in [-0.4, -0.2) is 49.1 Å². The number of carbonyl (C=O) groups excluding carboxylic acids is 2. The summed E-state index contributed by atoms with van der Waals surface area (Å²) in [7, 11) is 0. The maximum atomic E-state index is 12.2. The number of benzene rings is 1. The van der Waals surface area contributed by atoms with Gasteiger partial charge in [-0.3, -0.25) is 14.5 Å². The van der Waals surface area contributed by atoms with Crippen molar-refractivity contribution in [2.45, 2.75) is 26.1 Å². The van der Waals surface area contributed by atoms with Gasteiger partial charge in [0.2, 0.25) is 5.91 Å². The van der Waals surface area contributed by atoms with E-state index < -0.39 is 6.04 Å². The second-order valence-corrected chi connectivity index (χ2v) is 7.54. The summed E-state index contributed by atoms with van der Waals surface area (Å²) in [6.45, 7) is 6.57. The Kier molecular flexibility index (Phi) is 6.98. The van der Waals surface area contributed by atoms with Gasteiger partial charge in [0.1, 0.15) is 6.04 Å². The highest BCUT2D eigenvalue weighted by molar-refractivity contribution is 7.12. The Labute approximate surface area is 163 Å². The fraction of sp³-hybridized carbons (Fsp3) is 0.400. The second-order valence-electron chi connectivity index (χ2n) is 6.60. The Morgan fingerprint density at radius 2 is 1.85 bits per heavy atom. The molecule has 0 bridgehead atoms. The quantitative estimate of drug-likeness (QED) is 0.763. The van der Waals surface area contributed by atoms with Crippen molar-refractivity contribution in [3.05, 3.63) is 57.8 Å². The summed E-state index contributed by atoms with van der Waals surface area (Å²) in [5.41, 5.74) is 2.29. The number of carbonyl (C=O) groups is 2. The smallest absolute Gasteiger partial charge is 0.261 e. The largest absolute Gasteiger partial charge is 0.379 e. The molecule has 6 nitrogen and oxygen atoms in total. The molecule has 2 aromatic rings. The minimum atomic E-state index is -0.583. The van der Waals surface area contributed by atoms with E-state index in [1.165, 1.54) is 16.9 Å². The van der Waals surface area contributed by atoms with Gasteiger partial charge in [-0.05, 0) is 29.5 Å². The molecular formula is C20H25N3O3S. The first kappa shape index (κ1) is 19.5. The van der Waals surface area contributed by atoms with Crippen LogP contribution in [0.4, 0.5) is 0 Å². The van der Waals surface area contributed by atoms with Crippen molar-refractivity contribution in [3.63, 3.8) is 0 Å². The molecule has 1 atom stereocenters. The molecule has 2 heterocycles. The van der Waals surface area contributed by atoms with Crippen LogP contribution in [0.25, 0.3) is 0 Å². The number of thiophene rings is 1. The van der Waals surface area contributed by atoms with E-state index in [0.717, 1.165) is 38.4 Å². The molecule has 1 aliphatic rings. The van der Waals surface area contributed by atoms with Crippen molar-refractivity contribution >= 4 is 23.2 Å². The van der Waals surface area contributed by atoms with E-state index in [9.17, 15) is 9.59 Å². The molecule has 2 N–H and O–H groups in total. The highest BCUT2D eigenvalue weighted by Crippen LogP contribution is 2.10. The van der Waals surface area contributed by atoms with Crippen LogP contribution >= 0.6 is 11.3 Å². The zero-order chi connectivity index (χ0) is 19.1. The van der Waals surface area contributed by atoms with Gasteiger partial charge in [0.05, 0.1) is 18.1 Å². The van der Waals surface area contributed by atoms with Gasteiger partial charge in [-0.2, -0.15) is 0 Å². The van der Waals surface area contributed by atoms with Gasteiger partial charge >= 0.3 is 0 Å². The summed E-state index contributed by atoms with van der Waals surface area (Å²) in [4.78, 5) is 27.2. The Bertz CT molecular complexity index is 740. The van der Waals surface area contributed by atoms with Gasteiger partial charge < -0.3 is 15.4 Å². The molecule has 3 rings (SSSR count). The maximum Gasteiger partial charge on any atom is 0.261 e. The van der Waals surface area contributed by atoms with Crippen LogP contribution in [0.1, 0.15) is 27.7 Å². The minimum absolute atomic E-state index is 0.197. The third-order valence-corrected chi connectivity index (χ3v) is 5.35. The van der Waals surface area contributed by atoms with Gasteiger partial charge in [-0.25, -0.2) is 0 Å². The molecule has 1 aromatic carbocycles. The second kappa shape index (κ2) is 9.64. The monoisotopic (exact) mass is 387 g/mol. The molecule has 1 aromatic heterocycles. The van der Waals surface area contributed by atoms with Gasteiger partial charge in [-0.1, -0.05) is 30.3 Å². The molecule has 1 saturated heterocycles. The number of hydrogen-bond acceptors (Lipinski definition) is 5. The summed E-state index contributed by atoms with van der Waals surface area (Å²) in [6.07, 6.45) is 0. The van der Waals surface area contributed by atoms with Crippen LogP contribution in [0.5, 0.6) is 0 Å². The predicted molar refractivity (Wildman–Crippen MR) is 106 cm³/mol. The van der Waals surface area contributed by atoms with Crippen LogP contribution in [0.2, 0.25) is 0 Å². The number of rotatable bonds is 7. The van der Waals surface area contributed by atoms with Crippen molar-refractivity contribution in [1.82, 2.24) is 15.5 Å². The number of hydrogen-bond donors (Lipinski definition) is 2. The first-order chi connectivity index (χ1) is 13.1. The molecule has 0 saturated carbocycles. The van der Waals surface area contributed by atoms with Gasteiger partial charge in [-0.15, -0.1) is 11.3 Å². The molecule has 0 radical (unpaired) electrons. The van der Waals surface area contributed by atoms with Crippen molar-refractivity contribution in [3.8, 4) is 0 Å². The minimum Gasteiger partial charge on any atom is -0.379 e. The third-order valence-electron chi connectivity index (χ3n) is 4.49. The number of nitrogens with zero attached hydrogens (tertiary/aromatic N) is 1. The van der Waals surface area contributed by atoms with Gasteiger partial charge in [0.25, 0.3) is 5.91 Å². The van der Waals surface area contributed by atoms with Crippen molar-refractivity contribution in [2.75, 3.05) is 26.3 Å². The highest BCUT2D eigenvalue weighted by atomic mass is 32.1. The summed E-state index contributed by atoms with van der Waals surface area (Å²) >= 11 is 1.35. The normalized spacial score (nSPS) is 15.9. The summed E-state index contributed by atoms with van der Waals surface area (Å²) in [5.74, 6) is -0.419. The Hall–Kier alpha value is -2.22. The SMILES string of the molecule is C[C@H](NC(=O)c1cccs1)C(=O)NCc1ccc(CN2CCOCC2)cc1. The molecule has 2 amide bonds. The van der Waals surface area contributed by atoms with Crippen LogP contribution in [0, 0.1) is 0 Å². The molecule has 144 valence electrons. The molecule has 27 heavy (non-hydrogen) atoms. The van der Waals surface area contributed by atoms with Crippen LogP contribution in [-0.2, 0) is 22.6 Å². The van der Waals surface area contributed by atoms with E-state index in [1.54, 1.807) is 13.0 Å². The summed E-state index contributed by atoms with van der Waals surface area (Å²) in [5, 5.41) is 7.43. The molecule has 1 fully saturated rings. The van der Waals surface area contributed by atoms with E-state index in [4.69, 9.17) is 4.74 Å². The molecule has 0 unspecified atom stereocenters. The standard InChI is InChI=1S/C20H25N3O3S/c1-15(22-20(25)18-3-2-12-27-18)19(24)21-13-16-4-6-17(7-5-16)14-23-8-10-26-11-9-23/h2-7,12,15H,8-11,13-14H2,1H3,(H,21,24)(H,22,25)/t15-/m0/s1. The number of morpholine rings is 1. The van der Waals surface area contributed by atoms with Crippen molar-refractivity contribution in [1.29, 1.82) is 0 Å². The lowest BCUT2D eigenvalue weighted by Gasteiger charge is -2.26. The van der Waals surface area contributed by atoms with Crippen LogP contribution in [0.3, 0.4) is 0 Å². The van der Waals surface area contributed by atoms with Crippen molar-refractivity contribution < 1.29 is 14.3 Å². The Morgan fingerprint density at radius 1 is 1.15 bits per heavy atom. The lowest BCUT2D eigenvalue weighted by molar-refractivity contribution is -0.122. The number of ether oxygens (including phenoxy) is 1. The van der Waals surface area contributed by atoms with Gasteiger partial charge in [0.15, 0.2) is 0 Å². The maximum absolute atomic E-state index is 12.2. The molecular weight excluding hydrogens is 362 g/mol. The fourth-order valence-corrected chi connectivity index (χ4v) is 3.49. The van der Waals surface area contributed by atoms with E-state index in [-0.39, 0.29) is 11.8 Å². The lowest BCUT2D eigenvalue weighted by Crippen LogP contribution is -2.44. The van der Waals surface area contributed by atoms with E-state index >= 15 is 0 Å².